The zero-order valence-electron chi connectivity index (χ0n) is 50.4. The average Bonchev–Trinajstić information content (AvgIpc) is 3.98. The number of fused-ring (bicyclic) bond motifs is 10. The van der Waals surface area contributed by atoms with Crippen LogP contribution in [0.15, 0.2) is 109 Å². The van der Waals surface area contributed by atoms with Crippen molar-refractivity contribution < 1.29 is 0 Å². The lowest BCUT2D eigenvalue weighted by Gasteiger charge is -2.47. The second-order valence-corrected chi connectivity index (χ2v) is 30.8. The topological polar surface area (TPSA) is 6.48 Å². The van der Waals surface area contributed by atoms with E-state index in [1.54, 1.807) is 0 Å². The Labute approximate surface area is 464 Å². The molecule has 7 aromatic carbocycles. The minimum atomic E-state index is -0.194. The molecule has 0 bridgehead atoms. The van der Waals surface area contributed by atoms with Crippen molar-refractivity contribution in [3.05, 3.63) is 170 Å². The third-order valence-electron chi connectivity index (χ3n) is 21.1. The fraction of sp³-hybridized carbons (Fsp3) is 0.432. The van der Waals surface area contributed by atoms with Gasteiger partial charge in [0.1, 0.15) is 0 Å². The first-order valence-corrected chi connectivity index (χ1v) is 29.5. The summed E-state index contributed by atoms with van der Waals surface area (Å²) in [5.74, 6) is 0. The molecule has 2 nitrogen and oxygen atoms in total. The molecule has 3 heteroatoms. The number of hydrogen-bond acceptors (Lipinski definition) is 2. The van der Waals surface area contributed by atoms with Crippen LogP contribution in [0.4, 0.5) is 34.1 Å². The highest BCUT2D eigenvalue weighted by Gasteiger charge is 2.51. The molecule has 0 N–H and O–H groups in total. The largest absolute Gasteiger partial charge is 0.311 e. The summed E-state index contributed by atoms with van der Waals surface area (Å²) in [6.45, 7) is 46.8. The maximum absolute atomic E-state index is 2.78. The summed E-state index contributed by atoms with van der Waals surface area (Å²) in [5, 5.41) is 0. The molecule has 0 amide bonds. The molecule has 4 aliphatic carbocycles. The van der Waals surface area contributed by atoms with E-state index < -0.39 is 0 Å². The molecule has 2 heterocycles. The van der Waals surface area contributed by atoms with Gasteiger partial charge in [0.05, 0.1) is 0 Å². The zero-order valence-corrected chi connectivity index (χ0v) is 50.4. The third kappa shape index (κ3) is 7.18. The van der Waals surface area contributed by atoms with Crippen LogP contribution in [0, 0.1) is 13.8 Å². The highest BCUT2D eigenvalue weighted by atomic mass is 15.2. The Morgan fingerprint density at radius 2 is 0.792 bits per heavy atom. The van der Waals surface area contributed by atoms with Gasteiger partial charge in [-0.2, -0.15) is 0 Å². The summed E-state index contributed by atoms with van der Waals surface area (Å²) < 4.78 is 0. The fourth-order valence-corrected chi connectivity index (χ4v) is 16.4. The first-order chi connectivity index (χ1) is 35.8. The summed E-state index contributed by atoms with van der Waals surface area (Å²) in [6, 6.07) is 45.2. The average molecular weight is 1010 g/mol. The van der Waals surface area contributed by atoms with E-state index in [4.69, 9.17) is 0 Å². The lowest BCUT2D eigenvalue weighted by molar-refractivity contribution is 0.332. The Morgan fingerprint density at radius 1 is 0.377 bits per heavy atom. The standard InChI is InChI=1S/C74H85BN2/c1-43-31-52-55(70(10,11)29-27-68(52,6)7)39-60(43)76-62-38-51-49(48-35-47(67(3,4)5)25-26-50(48)74(51,18)19)36-58(62)75-59-37-54-57(73(16,17)42-72(54,14)15)41-63(59)77(65-34-46(33-64(76)66(65)75)45-23-21-20-22-24-45)61-40-56-53(32-44(61)2)69(8,9)28-30-71(56,12)13/h20-26,31-41H,27-30,42H2,1-19H3. The molecule has 0 saturated heterocycles. The van der Waals surface area contributed by atoms with Gasteiger partial charge in [0.2, 0.25) is 0 Å². The van der Waals surface area contributed by atoms with Crippen LogP contribution in [0.5, 0.6) is 0 Å². The SMILES string of the molecule is Cc1cc2c(cc1N1c3cc4c(cc3B3c5cc6c(cc5N(c5cc7c(cc5C)C(C)(C)CCC7(C)C)c5cc(-c7ccccc7)cc1c53)C(C)(C)c1ccc(C(C)(C)C)cc1-6)C(C)(C)CC4(C)C)C(C)(C)CCC2(C)C. The molecule has 13 rings (SSSR count). The Kier molecular flexibility index (Phi) is 10.4. The molecule has 0 unspecified atom stereocenters. The van der Waals surface area contributed by atoms with Crippen LogP contribution in [0.1, 0.15) is 211 Å². The highest BCUT2D eigenvalue weighted by molar-refractivity contribution is 7.00. The van der Waals surface area contributed by atoms with Gasteiger partial charge >= 0.3 is 0 Å². The van der Waals surface area contributed by atoms with Gasteiger partial charge in [-0.1, -0.05) is 190 Å². The van der Waals surface area contributed by atoms with Gasteiger partial charge in [-0.25, -0.2) is 0 Å². The summed E-state index contributed by atoms with van der Waals surface area (Å²) in [7, 11) is 0. The highest BCUT2D eigenvalue weighted by Crippen LogP contribution is 2.58. The second kappa shape index (κ2) is 15.7. The minimum absolute atomic E-state index is 0.0161. The number of benzene rings is 7. The maximum atomic E-state index is 2.78. The monoisotopic (exact) mass is 1010 g/mol. The normalized spacial score (nSPS) is 20.5. The Balaban J connectivity index is 1.21. The van der Waals surface area contributed by atoms with Crippen molar-refractivity contribution in [1.29, 1.82) is 0 Å². The molecule has 2 aliphatic heterocycles. The zero-order chi connectivity index (χ0) is 54.9. The quantitative estimate of drug-likeness (QED) is 0.163. The van der Waals surface area contributed by atoms with Gasteiger partial charge in [-0.3, -0.25) is 0 Å². The fourth-order valence-electron chi connectivity index (χ4n) is 16.4. The van der Waals surface area contributed by atoms with Crippen LogP contribution in [0.3, 0.4) is 0 Å². The minimum Gasteiger partial charge on any atom is -0.311 e. The van der Waals surface area contributed by atoms with E-state index in [1.165, 1.54) is 160 Å². The van der Waals surface area contributed by atoms with E-state index >= 15 is 0 Å². The number of aryl methyl sites for hydroxylation is 2. The second-order valence-electron chi connectivity index (χ2n) is 30.8. The molecular formula is C74H85BN2. The summed E-state index contributed by atoms with van der Waals surface area (Å²) in [5.41, 5.74) is 33.5. The lowest BCUT2D eigenvalue weighted by atomic mass is 9.33. The van der Waals surface area contributed by atoms with Gasteiger partial charge in [-0.05, 0) is 220 Å². The Bertz CT molecular complexity index is 3710. The van der Waals surface area contributed by atoms with E-state index in [-0.39, 0.29) is 50.0 Å². The van der Waals surface area contributed by atoms with Gasteiger partial charge in [-0.15, -0.1) is 0 Å². The van der Waals surface area contributed by atoms with Crippen LogP contribution < -0.4 is 26.2 Å². The molecule has 6 aliphatic rings. The summed E-state index contributed by atoms with van der Waals surface area (Å²) >= 11 is 0. The van der Waals surface area contributed by atoms with Crippen LogP contribution in [0.2, 0.25) is 0 Å². The molecule has 0 atom stereocenters. The van der Waals surface area contributed by atoms with Crippen LogP contribution >= 0.6 is 0 Å². The predicted molar refractivity (Wildman–Crippen MR) is 333 cm³/mol. The number of nitrogens with zero attached hydrogens (tertiary/aromatic N) is 2. The molecule has 0 radical (unpaired) electrons. The van der Waals surface area contributed by atoms with Gasteiger partial charge in [0.25, 0.3) is 6.71 Å². The first-order valence-electron chi connectivity index (χ1n) is 29.5. The Hall–Kier alpha value is -5.80. The number of hydrogen-bond donors (Lipinski definition) is 0. The number of rotatable bonds is 3. The smallest absolute Gasteiger partial charge is 0.252 e. The molecule has 77 heavy (non-hydrogen) atoms. The van der Waals surface area contributed by atoms with Gasteiger partial charge in [0, 0.05) is 39.5 Å². The summed E-state index contributed by atoms with van der Waals surface area (Å²) in [4.78, 5) is 5.56. The van der Waals surface area contributed by atoms with Crippen molar-refractivity contribution in [2.24, 2.45) is 0 Å². The van der Waals surface area contributed by atoms with Gasteiger partial charge < -0.3 is 9.80 Å². The molecule has 7 aromatic rings. The molecule has 0 spiro atoms. The Morgan fingerprint density at radius 3 is 1.29 bits per heavy atom. The molecule has 0 aromatic heterocycles. The van der Waals surface area contributed by atoms with Crippen molar-refractivity contribution in [2.45, 2.75) is 207 Å². The third-order valence-corrected chi connectivity index (χ3v) is 21.1. The van der Waals surface area contributed by atoms with Crippen molar-refractivity contribution in [1.82, 2.24) is 0 Å². The predicted octanol–water partition coefficient (Wildman–Crippen LogP) is 18.3. The first kappa shape index (κ1) is 50.7. The van der Waals surface area contributed by atoms with Crippen molar-refractivity contribution >= 4 is 57.2 Å². The lowest BCUT2D eigenvalue weighted by Crippen LogP contribution is -2.61. The molecule has 0 fully saturated rings. The van der Waals surface area contributed by atoms with Crippen LogP contribution in [0.25, 0.3) is 22.3 Å². The molecule has 394 valence electrons. The van der Waals surface area contributed by atoms with Gasteiger partial charge in [0.15, 0.2) is 0 Å². The van der Waals surface area contributed by atoms with E-state index in [2.05, 4.69) is 251 Å². The van der Waals surface area contributed by atoms with Crippen molar-refractivity contribution in [3.63, 3.8) is 0 Å². The number of anilines is 6. The van der Waals surface area contributed by atoms with Crippen LogP contribution in [-0.4, -0.2) is 6.71 Å². The maximum Gasteiger partial charge on any atom is 0.252 e. The molecular weight excluding hydrogens is 928 g/mol. The molecule has 0 saturated carbocycles. The van der Waals surface area contributed by atoms with E-state index in [0.29, 0.717) is 0 Å². The van der Waals surface area contributed by atoms with Crippen molar-refractivity contribution in [3.8, 4) is 22.3 Å². The van der Waals surface area contributed by atoms with E-state index in [1.807, 2.05) is 0 Å². The van der Waals surface area contributed by atoms with E-state index in [0.717, 1.165) is 6.42 Å². The van der Waals surface area contributed by atoms with Crippen molar-refractivity contribution in [2.75, 3.05) is 9.80 Å². The summed E-state index contributed by atoms with van der Waals surface area (Å²) in [6.07, 6.45) is 5.84. The van der Waals surface area contributed by atoms with Crippen LogP contribution in [-0.2, 0) is 43.3 Å². The van der Waals surface area contributed by atoms with E-state index in [9.17, 15) is 0 Å².